The zero-order chi connectivity index (χ0) is 15.0. The van der Waals surface area contributed by atoms with Crippen molar-refractivity contribution in [3.63, 3.8) is 0 Å². The summed E-state index contributed by atoms with van der Waals surface area (Å²) in [5.41, 5.74) is 2.57. The van der Waals surface area contributed by atoms with E-state index in [-0.39, 0.29) is 0 Å². The Kier molecular flexibility index (Phi) is 6.18. The lowest BCUT2D eigenvalue weighted by Gasteiger charge is -1.95. The Morgan fingerprint density at radius 3 is 2.40 bits per heavy atom. The minimum atomic E-state index is -1.55. The van der Waals surface area contributed by atoms with Gasteiger partial charge in [-0.15, -0.1) is 11.3 Å². The summed E-state index contributed by atoms with van der Waals surface area (Å²) in [4.78, 5) is 27.3. The Morgan fingerprint density at radius 2 is 2.00 bits per heavy atom. The molecule has 0 spiro atoms. The van der Waals surface area contributed by atoms with Crippen LogP contribution in [0.1, 0.15) is 16.1 Å². The molecular weight excluding hydrogens is 280 g/mol. The molecule has 0 saturated heterocycles. The van der Waals surface area contributed by atoms with Gasteiger partial charge in [-0.1, -0.05) is 0 Å². The van der Waals surface area contributed by atoms with Crippen LogP contribution in [0.25, 0.3) is 0 Å². The first-order valence-corrected chi connectivity index (χ1v) is 6.47. The molecule has 0 atom stereocenters. The van der Waals surface area contributed by atoms with Crippen LogP contribution in [0.2, 0.25) is 0 Å². The lowest BCUT2D eigenvalue weighted by Crippen LogP contribution is -2.23. The third kappa shape index (κ3) is 5.96. The SMILES string of the molecule is Cc1sccc1Cc1cnc[nH]1.O=C([O-])/C=C/C(=O)[O-]. The summed E-state index contributed by atoms with van der Waals surface area (Å²) in [7, 11) is 0. The number of nitrogens with one attached hydrogen (secondary N) is 1. The van der Waals surface area contributed by atoms with Gasteiger partial charge >= 0.3 is 0 Å². The zero-order valence-electron chi connectivity index (χ0n) is 10.7. The van der Waals surface area contributed by atoms with Crippen LogP contribution < -0.4 is 10.2 Å². The molecule has 0 aromatic carbocycles. The van der Waals surface area contributed by atoms with Gasteiger partial charge in [-0.05, 0) is 36.1 Å². The first-order valence-electron chi connectivity index (χ1n) is 5.59. The lowest BCUT2D eigenvalue weighted by atomic mass is 10.1. The highest BCUT2D eigenvalue weighted by molar-refractivity contribution is 7.10. The van der Waals surface area contributed by atoms with E-state index in [1.165, 1.54) is 16.1 Å². The minimum absolute atomic E-state index is 0.384. The fraction of sp³-hybridized carbons (Fsp3) is 0.154. The third-order valence-electron chi connectivity index (χ3n) is 2.26. The predicted molar refractivity (Wildman–Crippen MR) is 69.6 cm³/mol. The monoisotopic (exact) mass is 292 g/mol. The number of aryl methyl sites for hydroxylation is 1. The smallest absolute Gasteiger partial charge is 0.0921 e. The Labute approximate surface area is 119 Å². The first kappa shape index (κ1) is 15.6. The zero-order valence-corrected chi connectivity index (χ0v) is 11.5. The van der Waals surface area contributed by atoms with Gasteiger partial charge in [-0.2, -0.15) is 0 Å². The molecule has 0 saturated carbocycles. The highest BCUT2D eigenvalue weighted by Gasteiger charge is 2.00. The normalized spacial score (nSPS) is 10.1. The van der Waals surface area contributed by atoms with Gasteiger partial charge in [0.1, 0.15) is 0 Å². The van der Waals surface area contributed by atoms with Crippen molar-refractivity contribution in [1.82, 2.24) is 9.97 Å². The van der Waals surface area contributed by atoms with Crippen LogP contribution in [0, 0.1) is 6.92 Å². The molecule has 2 rings (SSSR count). The fourth-order valence-electron chi connectivity index (χ4n) is 1.32. The number of aromatic nitrogens is 2. The number of carboxylic acid groups (broad SMARTS) is 2. The van der Waals surface area contributed by atoms with Crippen LogP contribution in [0.15, 0.2) is 36.1 Å². The molecule has 20 heavy (non-hydrogen) atoms. The van der Waals surface area contributed by atoms with Crippen molar-refractivity contribution in [1.29, 1.82) is 0 Å². The van der Waals surface area contributed by atoms with Crippen LogP contribution in [0.5, 0.6) is 0 Å². The second-order valence-electron chi connectivity index (χ2n) is 3.73. The fourth-order valence-corrected chi connectivity index (χ4v) is 2.05. The maximum absolute atomic E-state index is 9.41. The van der Waals surface area contributed by atoms with E-state index >= 15 is 0 Å². The Bertz CT molecular complexity index is 571. The molecule has 2 aromatic rings. The standard InChI is InChI=1S/C9H10N2S.C4H4O4/c1-7-8(2-3-12-7)4-9-5-10-6-11-9;5-3(6)1-2-4(7)8/h2-3,5-6H,4H2,1H3,(H,10,11);1-2H,(H,5,6)(H,7,8)/p-2/b;2-1+. The van der Waals surface area contributed by atoms with E-state index in [2.05, 4.69) is 28.3 Å². The van der Waals surface area contributed by atoms with Gasteiger partial charge < -0.3 is 24.8 Å². The molecule has 7 heteroatoms. The van der Waals surface area contributed by atoms with Crippen molar-refractivity contribution in [2.75, 3.05) is 0 Å². The van der Waals surface area contributed by atoms with E-state index in [1.807, 2.05) is 6.20 Å². The van der Waals surface area contributed by atoms with Gasteiger partial charge in [0.05, 0.1) is 18.3 Å². The number of nitrogens with zero attached hydrogens (tertiary/aromatic N) is 1. The summed E-state index contributed by atoms with van der Waals surface area (Å²) in [6.45, 7) is 2.15. The molecule has 1 N–H and O–H groups in total. The van der Waals surface area contributed by atoms with E-state index in [9.17, 15) is 19.8 Å². The average Bonchev–Trinajstić information content (AvgIpc) is 3.01. The topological polar surface area (TPSA) is 109 Å². The number of carbonyl (C=O) groups is 2. The quantitative estimate of drug-likeness (QED) is 0.758. The molecule has 2 heterocycles. The first-order chi connectivity index (χ1) is 9.49. The Balaban J connectivity index is 0.000000221. The van der Waals surface area contributed by atoms with Crippen molar-refractivity contribution in [2.24, 2.45) is 0 Å². The number of aliphatic carboxylic acids is 2. The van der Waals surface area contributed by atoms with Crippen molar-refractivity contribution < 1.29 is 19.8 Å². The van der Waals surface area contributed by atoms with Crippen molar-refractivity contribution in [3.8, 4) is 0 Å². The number of thiophene rings is 1. The van der Waals surface area contributed by atoms with Crippen molar-refractivity contribution >= 4 is 23.3 Å². The summed E-state index contributed by atoms with van der Waals surface area (Å²) >= 11 is 1.79. The molecule has 0 radical (unpaired) electrons. The number of H-pyrrole nitrogens is 1. The van der Waals surface area contributed by atoms with E-state index in [0.717, 1.165) is 6.42 Å². The van der Waals surface area contributed by atoms with Crippen LogP contribution in [-0.4, -0.2) is 21.9 Å². The molecule has 0 aliphatic heterocycles. The molecular formula is C13H12N2O4S-2. The number of imidazole rings is 1. The summed E-state index contributed by atoms with van der Waals surface area (Å²) in [5, 5.41) is 21.0. The molecule has 0 aliphatic carbocycles. The van der Waals surface area contributed by atoms with Gasteiger partial charge in [-0.3, -0.25) is 0 Å². The Hall–Kier alpha value is -2.41. The van der Waals surface area contributed by atoms with Crippen LogP contribution >= 0.6 is 11.3 Å². The summed E-state index contributed by atoms with van der Waals surface area (Å²) < 4.78 is 0. The summed E-state index contributed by atoms with van der Waals surface area (Å²) in [6, 6.07) is 2.17. The maximum Gasteiger partial charge on any atom is 0.0921 e. The van der Waals surface area contributed by atoms with Gasteiger partial charge in [0.25, 0.3) is 0 Å². The van der Waals surface area contributed by atoms with E-state index < -0.39 is 11.9 Å². The van der Waals surface area contributed by atoms with Gasteiger partial charge in [0.2, 0.25) is 0 Å². The molecule has 0 fully saturated rings. The summed E-state index contributed by atoms with van der Waals surface area (Å²) in [6.07, 6.45) is 5.33. The molecule has 0 unspecified atom stereocenters. The van der Waals surface area contributed by atoms with E-state index in [4.69, 9.17) is 0 Å². The Morgan fingerprint density at radius 1 is 1.35 bits per heavy atom. The summed E-state index contributed by atoms with van der Waals surface area (Å²) in [5.74, 6) is -3.09. The number of aromatic amines is 1. The lowest BCUT2D eigenvalue weighted by molar-refractivity contribution is -0.301. The van der Waals surface area contributed by atoms with Gasteiger partial charge in [0, 0.05) is 23.2 Å². The van der Waals surface area contributed by atoms with Crippen LogP contribution in [0.4, 0.5) is 0 Å². The number of carbonyl (C=O) groups excluding carboxylic acids is 2. The second-order valence-corrected chi connectivity index (χ2v) is 4.85. The van der Waals surface area contributed by atoms with Crippen molar-refractivity contribution in [2.45, 2.75) is 13.3 Å². The van der Waals surface area contributed by atoms with E-state index in [1.54, 1.807) is 17.7 Å². The third-order valence-corrected chi connectivity index (χ3v) is 3.15. The molecule has 0 bridgehead atoms. The van der Waals surface area contributed by atoms with Crippen molar-refractivity contribution in [3.05, 3.63) is 52.3 Å². The van der Waals surface area contributed by atoms with Gasteiger partial charge in [-0.25, -0.2) is 4.98 Å². The van der Waals surface area contributed by atoms with Crippen LogP contribution in [0.3, 0.4) is 0 Å². The molecule has 0 amide bonds. The average molecular weight is 292 g/mol. The minimum Gasteiger partial charge on any atom is -0.545 e. The number of hydrogen-bond donors (Lipinski definition) is 1. The molecule has 106 valence electrons. The highest BCUT2D eigenvalue weighted by Crippen LogP contribution is 2.17. The second kappa shape index (κ2) is 7.90. The predicted octanol–water partition coefficient (Wildman–Crippen LogP) is -0.587. The number of rotatable bonds is 4. The highest BCUT2D eigenvalue weighted by atomic mass is 32.1. The molecule has 0 aliphatic rings. The molecule has 2 aromatic heterocycles. The van der Waals surface area contributed by atoms with E-state index in [0.29, 0.717) is 12.2 Å². The van der Waals surface area contributed by atoms with Crippen LogP contribution in [-0.2, 0) is 16.0 Å². The maximum atomic E-state index is 9.41. The largest absolute Gasteiger partial charge is 0.545 e. The number of hydrogen-bond acceptors (Lipinski definition) is 6. The van der Waals surface area contributed by atoms with Gasteiger partial charge in [0.15, 0.2) is 0 Å². The number of carboxylic acids is 2. The molecule has 6 nitrogen and oxygen atoms in total.